The Morgan fingerprint density at radius 1 is 1.39 bits per heavy atom. The summed E-state index contributed by atoms with van der Waals surface area (Å²) in [6, 6.07) is 10.9. The minimum atomic E-state index is -0.569. The Labute approximate surface area is 108 Å². The summed E-state index contributed by atoms with van der Waals surface area (Å²) in [6.45, 7) is 5.87. The van der Waals surface area contributed by atoms with E-state index in [-0.39, 0.29) is 12.0 Å². The summed E-state index contributed by atoms with van der Waals surface area (Å²) >= 11 is 0. The van der Waals surface area contributed by atoms with Gasteiger partial charge in [-0.05, 0) is 11.0 Å². The van der Waals surface area contributed by atoms with E-state index in [9.17, 15) is 4.79 Å². The SMILES string of the molecule is CC(C)(C)[C@H](C#N)NC(=O)OCc1ccccc1. The lowest BCUT2D eigenvalue weighted by Crippen LogP contribution is -2.42. The third-order valence-electron chi connectivity index (χ3n) is 2.47. The number of rotatable bonds is 3. The predicted octanol–water partition coefficient (Wildman–Crippen LogP) is 2.85. The fraction of sp³-hybridized carbons (Fsp3) is 0.429. The van der Waals surface area contributed by atoms with E-state index in [4.69, 9.17) is 10.00 Å². The van der Waals surface area contributed by atoms with Gasteiger partial charge in [-0.2, -0.15) is 5.26 Å². The van der Waals surface area contributed by atoms with Crippen molar-refractivity contribution in [2.75, 3.05) is 0 Å². The van der Waals surface area contributed by atoms with Crippen LogP contribution in [0.5, 0.6) is 0 Å². The Balaban J connectivity index is 2.45. The smallest absolute Gasteiger partial charge is 0.408 e. The van der Waals surface area contributed by atoms with E-state index in [0.717, 1.165) is 5.56 Å². The van der Waals surface area contributed by atoms with Gasteiger partial charge in [-0.1, -0.05) is 51.1 Å². The van der Waals surface area contributed by atoms with Crippen molar-refractivity contribution < 1.29 is 9.53 Å². The molecule has 0 aromatic heterocycles. The normalized spacial score (nSPS) is 12.3. The molecule has 1 aromatic carbocycles. The summed E-state index contributed by atoms with van der Waals surface area (Å²) < 4.78 is 5.05. The Morgan fingerprint density at radius 3 is 2.50 bits per heavy atom. The van der Waals surface area contributed by atoms with Gasteiger partial charge in [0.15, 0.2) is 0 Å². The van der Waals surface area contributed by atoms with Crippen molar-refractivity contribution in [2.45, 2.75) is 33.4 Å². The minimum absolute atomic E-state index is 0.203. The summed E-state index contributed by atoms with van der Waals surface area (Å²) in [7, 11) is 0. The maximum absolute atomic E-state index is 11.5. The molecule has 0 saturated heterocycles. The lowest BCUT2D eigenvalue weighted by Gasteiger charge is -2.25. The number of hydrogen-bond donors (Lipinski definition) is 1. The Morgan fingerprint density at radius 2 is 2.00 bits per heavy atom. The van der Waals surface area contributed by atoms with Gasteiger partial charge < -0.3 is 10.1 Å². The molecule has 1 N–H and O–H groups in total. The van der Waals surface area contributed by atoms with Crippen molar-refractivity contribution in [1.82, 2.24) is 5.32 Å². The molecular formula is C14H18N2O2. The molecule has 18 heavy (non-hydrogen) atoms. The van der Waals surface area contributed by atoms with Crippen molar-refractivity contribution in [3.05, 3.63) is 35.9 Å². The highest BCUT2D eigenvalue weighted by atomic mass is 16.5. The van der Waals surface area contributed by atoms with Crippen LogP contribution in [0.15, 0.2) is 30.3 Å². The first-order valence-corrected chi connectivity index (χ1v) is 5.80. The topological polar surface area (TPSA) is 62.1 Å². The Hall–Kier alpha value is -2.02. The van der Waals surface area contributed by atoms with Crippen LogP contribution in [-0.2, 0) is 11.3 Å². The number of nitrogens with zero attached hydrogens (tertiary/aromatic N) is 1. The number of nitriles is 1. The molecule has 0 aliphatic rings. The number of amides is 1. The maximum Gasteiger partial charge on any atom is 0.408 e. The molecule has 4 heteroatoms. The summed E-state index contributed by atoms with van der Waals surface area (Å²) in [6.07, 6.45) is -0.569. The maximum atomic E-state index is 11.5. The molecule has 0 radical (unpaired) electrons. The van der Waals surface area contributed by atoms with E-state index in [1.165, 1.54) is 0 Å². The number of carbonyl (C=O) groups excluding carboxylic acids is 1. The molecule has 0 heterocycles. The Bertz CT molecular complexity index is 429. The average Bonchev–Trinajstić information content (AvgIpc) is 2.33. The van der Waals surface area contributed by atoms with Crippen LogP contribution in [0.1, 0.15) is 26.3 Å². The van der Waals surface area contributed by atoms with Crippen molar-refractivity contribution in [3.8, 4) is 6.07 Å². The highest BCUT2D eigenvalue weighted by Crippen LogP contribution is 2.18. The molecule has 0 spiro atoms. The zero-order valence-electron chi connectivity index (χ0n) is 10.9. The van der Waals surface area contributed by atoms with Crippen LogP contribution < -0.4 is 5.32 Å². The molecular weight excluding hydrogens is 228 g/mol. The van der Waals surface area contributed by atoms with Gasteiger partial charge in [0.1, 0.15) is 12.6 Å². The molecule has 1 atom stereocenters. The summed E-state index contributed by atoms with van der Waals surface area (Å²) in [5.41, 5.74) is 0.595. The van der Waals surface area contributed by atoms with Gasteiger partial charge in [-0.25, -0.2) is 4.79 Å². The molecule has 4 nitrogen and oxygen atoms in total. The van der Waals surface area contributed by atoms with Crippen LogP contribution in [0.3, 0.4) is 0 Å². The third kappa shape index (κ3) is 4.46. The lowest BCUT2D eigenvalue weighted by atomic mass is 9.88. The van der Waals surface area contributed by atoms with Crippen LogP contribution in [0.2, 0.25) is 0 Å². The van der Waals surface area contributed by atoms with Crippen molar-refractivity contribution in [3.63, 3.8) is 0 Å². The third-order valence-corrected chi connectivity index (χ3v) is 2.47. The summed E-state index contributed by atoms with van der Waals surface area (Å²) in [5, 5.41) is 11.5. The zero-order valence-corrected chi connectivity index (χ0v) is 10.9. The van der Waals surface area contributed by atoms with Crippen LogP contribution in [0, 0.1) is 16.7 Å². The first-order chi connectivity index (χ1) is 8.43. The van der Waals surface area contributed by atoms with Gasteiger partial charge in [0.2, 0.25) is 0 Å². The molecule has 0 bridgehead atoms. The molecule has 0 saturated carbocycles. The fourth-order valence-corrected chi connectivity index (χ4v) is 1.33. The van der Waals surface area contributed by atoms with Crippen LogP contribution in [0.25, 0.3) is 0 Å². The molecule has 0 aliphatic heterocycles. The van der Waals surface area contributed by atoms with Crippen molar-refractivity contribution >= 4 is 6.09 Å². The second-order valence-electron chi connectivity index (χ2n) is 5.13. The highest BCUT2D eigenvalue weighted by molar-refractivity contribution is 5.68. The zero-order chi connectivity index (χ0) is 13.6. The monoisotopic (exact) mass is 246 g/mol. The van der Waals surface area contributed by atoms with Gasteiger partial charge in [-0.15, -0.1) is 0 Å². The van der Waals surface area contributed by atoms with Crippen LogP contribution in [0.4, 0.5) is 4.79 Å². The van der Waals surface area contributed by atoms with Gasteiger partial charge in [-0.3, -0.25) is 0 Å². The van der Waals surface area contributed by atoms with Crippen LogP contribution in [-0.4, -0.2) is 12.1 Å². The highest BCUT2D eigenvalue weighted by Gasteiger charge is 2.26. The van der Waals surface area contributed by atoms with Gasteiger partial charge >= 0.3 is 6.09 Å². The second-order valence-corrected chi connectivity index (χ2v) is 5.13. The predicted molar refractivity (Wildman–Crippen MR) is 68.6 cm³/mol. The van der Waals surface area contributed by atoms with Crippen molar-refractivity contribution in [1.29, 1.82) is 5.26 Å². The molecule has 96 valence electrons. The van der Waals surface area contributed by atoms with E-state index in [1.807, 2.05) is 51.1 Å². The quantitative estimate of drug-likeness (QED) is 0.892. The molecule has 0 fully saturated rings. The van der Waals surface area contributed by atoms with E-state index in [2.05, 4.69) is 11.4 Å². The molecule has 0 unspecified atom stereocenters. The number of alkyl carbamates (subject to hydrolysis) is 1. The summed E-state index contributed by atoms with van der Waals surface area (Å²) in [4.78, 5) is 11.5. The number of ether oxygens (including phenoxy) is 1. The molecule has 1 rings (SSSR count). The lowest BCUT2D eigenvalue weighted by molar-refractivity contribution is 0.131. The standard InChI is InChI=1S/C14H18N2O2/c1-14(2,3)12(9-15)16-13(17)18-10-11-7-5-4-6-8-11/h4-8,12H,10H2,1-3H3,(H,16,17)/t12-/m0/s1. The summed E-state index contributed by atoms with van der Waals surface area (Å²) in [5.74, 6) is 0. The number of nitrogens with one attached hydrogen (secondary N) is 1. The average molecular weight is 246 g/mol. The Kier molecular flexibility index (Phi) is 4.73. The van der Waals surface area contributed by atoms with Crippen LogP contribution >= 0.6 is 0 Å². The second kappa shape index (κ2) is 6.06. The molecule has 0 aliphatic carbocycles. The minimum Gasteiger partial charge on any atom is -0.445 e. The van der Waals surface area contributed by atoms with E-state index in [1.54, 1.807) is 0 Å². The van der Waals surface area contributed by atoms with Crippen molar-refractivity contribution in [2.24, 2.45) is 5.41 Å². The van der Waals surface area contributed by atoms with Gasteiger partial charge in [0.05, 0.1) is 6.07 Å². The fourth-order valence-electron chi connectivity index (χ4n) is 1.33. The molecule has 1 amide bonds. The largest absolute Gasteiger partial charge is 0.445 e. The van der Waals surface area contributed by atoms with E-state index < -0.39 is 12.1 Å². The number of benzene rings is 1. The van der Waals surface area contributed by atoms with E-state index >= 15 is 0 Å². The number of hydrogen-bond acceptors (Lipinski definition) is 3. The molecule has 1 aromatic rings. The van der Waals surface area contributed by atoms with Gasteiger partial charge in [0.25, 0.3) is 0 Å². The first kappa shape index (κ1) is 14.0. The van der Waals surface area contributed by atoms with Gasteiger partial charge in [0, 0.05) is 0 Å². The van der Waals surface area contributed by atoms with E-state index in [0.29, 0.717) is 0 Å². The first-order valence-electron chi connectivity index (χ1n) is 5.80. The number of carbonyl (C=O) groups is 1.